The number of aliphatic hydroxyl groups is 1. The molecule has 3 atom stereocenters. The van der Waals surface area contributed by atoms with Crippen molar-refractivity contribution in [2.24, 2.45) is 5.92 Å². The maximum absolute atomic E-state index is 10.4. The second-order valence-electron chi connectivity index (χ2n) is 5.10. The van der Waals surface area contributed by atoms with Gasteiger partial charge in [-0.05, 0) is 30.4 Å². The van der Waals surface area contributed by atoms with Crippen molar-refractivity contribution in [1.29, 1.82) is 0 Å². The molecule has 1 N–H and O–H groups in total. The van der Waals surface area contributed by atoms with Crippen LogP contribution in [0.25, 0.3) is 0 Å². The standard InChI is InChI=1S/C15H22O2/c1-3-11(2)10-14(16)12-8-9-17-15-7-5-4-6-13(12)15/h4-7,11-12,14,16H,3,8-10H2,1-2H3. The molecule has 17 heavy (non-hydrogen) atoms. The summed E-state index contributed by atoms with van der Waals surface area (Å²) in [6.45, 7) is 5.10. The molecule has 1 aromatic carbocycles. The predicted octanol–water partition coefficient (Wildman–Crippen LogP) is 3.35. The second kappa shape index (κ2) is 5.54. The molecule has 1 aliphatic heterocycles. The van der Waals surface area contributed by atoms with Gasteiger partial charge in [-0.1, -0.05) is 38.5 Å². The molecular formula is C15H22O2. The summed E-state index contributed by atoms with van der Waals surface area (Å²) in [5, 5.41) is 10.4. The molecule has 2 nitrogen and oxygen atoms in total. The maximum atomic E-state index is 10.4. The highest BCUT2D eigenvalue weighted by Crippen LogP contribution is 2.37. The molecule has 1 aromatic rings. The second-order valence-corrected chi connectivity index (χ2v) is 5.10. The summed E-state index contributed by atoms with van der Waals surface area (Å²) in [6.07, 6.45) is 2.70. The molecule has 94 valence electrons. The molecule has 2 rings (SSSR count). The Bertz CT molecular complexity index is 362. The van der Waals surface area contributed by atoms with E-state index in [4.69, 9.17) is 4.74 Å². The van der Waals surface area contributed by atoms with E-state index in [0.29, 0.717) is 5.92 Å². The summed E-state index contributed by atoms with van der Waals surface area (Å²) in [5.74, 6) is 1.78. The molecular weight excluding hydrogens is 212 g/mol. The van der Waals surface area contributed by atoms with Gasteiger partial charge in [0.2, 0.25) is 0 Å². The number of benzene rings is 1. The normalized spacial score (nSPS) is 22.4. The van der Waals surface area contributed by atoms with Crippen molar-refractivity contribution < 1.29 is 9.84 Å². The van der Waals surface area contributed by atoms with Crippen LogP contribution < -0.4 is 4.74 Å². The first-order chi connectivity index (χ1) is 8.22. The first-order valence-electron chi connectivity index (χ1n) is 6.62. The molecule has 0 bridgehead atoms. The average Bonchev–Trinajstić information content (AvgIpc) is 2.37. The van der Waals surface area contributed by atoms with Crippen molar-refractivity contribution in [3.63, 3.8) is 0 Å². The van der Waals surface area contributed by atoms with Gasteiger partial charge in [-0.15, -0.1) is 0 Å². The van der Waals surface area contributed by atoms with E-state index < -0.39 is 0 Å². The van der Waals surface area contributed by atoms with Crippen molar-refractivity contribution >= 4 is 0 Å². The Morgan fingerprint density at radius 1 is 1.41 bits per heavy atom. The zero-order valence-electron chi connectivity index (χ0n) is 10.7. The van der Waals surface area contributed by atoms with Crippen LogP contribution in [-0.4, -0.2) is 17.8 Å². The highest BCUT2D eigenvalue weighted by Gasteiger charge is 2.28. The summed E-state index contributed by atoms with van der Waals surface area (Å²) in [7, 11) is 0. The summed E-state index contributed by atoms with van der Waals surface area (Å²) >= 11 is 0. The largest absolute Gasteiger partial charge is 0.493 e. The van der Waals surface area contributed by atoms with Gasteiger partial charge in [0, 0.05) is 5.92 Å². The molecule has 0 fully saturated rings. The van der Waals surface area contributed by atoms with E-state index >= 15 is 0 Å². The molecule has 0 spiro atoms. The van der Waals surface area contributed by atoms with Gasteiger partial charge >= 0.3 is 0 Å². The topological polar surface area (TPSA) is 29.5 Å². The number of para-hydroxylation sites is 1. The van der Waals surface area contributed by atoms with Crippen LogP contribution in [0.4, 0.5) is 0 Å². The quantitative estimate of drug-likeness (QED) is 0.865. The lowest BCUT2D eigenvalue weighted by Gasteiger charge is -2.30. The molecule has 0 radical (unpaired) electrons. The third-order valence-corrected chi connectivity index (χ3v) is 3.81. The summed E-state index contributed by atoms with van der Waals surface area (Å²) in [6, 6.07) is 8.09. The summed E-state index contributed by atoms with van der Waals surface area (Å²) in [5.41, 5.74) is 1.18. The van der Waals surface area contributed by atoms with E-state index in [1.807, 2.05) is 18.2 Å². The molecule has 0 saturated carbocycles. The van der Waals surface area contributed by atoms with E-state index in [1.165, 1.54) is 5.56 Å². The lowest BCUT2D eigenvalue weighted by Crippen LogP contribution is -2.26. The minimum atomic E-state index is -0.241. The Kier molecular flexibility index (Phi) is 4.06. The van der Waals surface area contributed by atoms with Gasteiger partial charge in [0.05, 0.1) is 12.7 Å². The summed E-state index contributed by atoms with van der Waals surface area (Å²) in [4.78, 5) is 0. The fraction of sp³-hybridized carbons (Fsp3) is 0.600. The third kappa shape index (κ3) is 2.81. The van der Waals surface area contributed by atoms with Gasteiger partial charge in [0.1, 0.15) is 5.75 Å². The smallest absolute Gasteiger partial charge is 0.122 e. The molecule has 0 aromatic heterocycles. The molecule has 3 unspecified atom stereocenters. The Morgan fingerprint density at radius 2 is 2.18 bits per heavy atom. The number of fused-ring (bicyclic) bond motifs is 1. The fourth-order valence-corrected chi connectivity index (χ4v) is 2.51. The zero-order chi connectivity index (χ0) is 12.3. The number of hydrogen-bond donors (Lipinski definition) is 1. The Morgan fingerprint density at radius 3 is 2.94 bits per heavy atom. The third-order valence-electron chi connectivity index (χ3n) is 3.81. The van der Waals surface area contributed by atoms with Crippen molar-refractivity contribution in [2.75, 3.05) is 6.61 Å². The van der Waals surface area contributed by atoms with Gasteiger partial charge in [-0.25, -0.2) is 0 Å². The van der Waals surface area contributed by atoms with Gasteiger partial charge in [-0.3, -0.25) is 0 Å². The lowest BCUT2D eigenvalue weighted by atomic mass is 9.84. The molecule has 2 heteroatoms. The summed E-state index contributed by atoms with van der Waals surface area (Å²) < 4.78 is 5.62. The van der Waals surface area contributed by atoms with Crippen LogP contribution in [0.3, 0.4) is 0 Å². The molecule has 0 aliphatic carbocycles. The number of rotatable bonds is 4. The molecule has 1 aliphatic rings. The Hall–Kier alpha value is -1.02. The Labute approximate surface area is 104 Å². The van der Waals surface area contributed by atoms with Crippen LogP contribution >= 0.6 is 0 Å². The van der Waals surface area contributed by atoms with Gasteiger partial charge < -0.3 is 9.84 Å². The number of ether oxygens (including phenoxy) is 1. The van der Waals surface area contributed by atoms with Crippen molar-refractivity contribution in [1.82, 2.24) is 0 Å². The SMILES string of the molecule is CCC(C)CC(O)C1CCOc2ccccc21. The molecule has 0 saturated heterocycles. The van der Waals surface area contributed by atoms with Crippen LogP contribution in [0.15, 0.2) is 24.3 Å². The van der Waals surface area contributed by atoms with E-state index in [-0.39, 0.29) is 12.0 Å². The Balaban J connectivity index is 2.12. The van der Waals surface area contributed by atoms with Crippen molar-refractivity contribution in [3.05, 3.63) is 29.8 Å². The van der Waals surface area contributed by atoms with Crippen LogP contribution in [0.1, 0.15) is 44.6 Å². The first kappa shape index (κ1) is 12.4. The maximum Gasteiger partial charge on any atom is 0.122 e. The average molecular weight is 234 g/mol. The molecule has 1 heterocycles. The van der Waals surface area contributed by atoms with Gasteiger partial charge in [-0.2, -0.15) is 0 Å². The van der Waals surface area contributed by atoms with Gasteiger partial charge in [0.15, 0.2) is 0 Å². The van der Waals surface area contributed by atoms with Gasteiger partial charge in [0.25, 0.3) is 0 Å². The highest BCUT2D eigenvalue weighted by atomic mass is 16.5. The van der Waals surface area contributed by atoms with E-state index in [2.05, 4.69) is 19.9 Å². The zero-order valence-corrected chi connectivity index (χ0v) is 10.7. The lowest BCUT2D eigenvalue weighted by molar-refractivity contribution is 0.0942. The van der Waals surface area contributed by atoms with Crippen LogP contribution in [0, 0.1) is 5.92 Å². The van der Waals surface area contributed by atoms with Crippen LogP contribution in [-0.2, 0) is 0 Å². The van der Waals surface area contributed by atoms with Crippen molar-refractivity contribution in [3.8, 4) is 5.75 Å². The highest BCUT2D eigenvalue weighted by molar-refractivity contribution is 5.38. The minimum absolute atomic E-state index is 0.241. The van der Waals surface area contributed by atoms with E-state index in [1.54, 1.807) is 0 Å². The minimum Gasteiger partial charge on any atom is -0.493 e. The number of aliphatic hydroxyl groups excluding tert-OH is 1. The first-order valence-corrected chi connectivity index (χ1v) is 6.62. The monoisotopic (exact) mass is 234 g/mol. The fourth-order valence-electron chi connectivity index (χ4n) is 2.51. The van der Waals surface area contributed by atoms with E-state index in [0.717, 1.165) is 31.6 Å². The predicted molar refractivity (Wildman–Crippen MR) is 69.4 cm³/mol. The van der Waals surface area contributed by atoms with Crippen molar-refractivity contribution in [2.45, 2.75) is 45.1 Å². The van der Waals surface area contributed by atoms with E-state index in [9.17, 15) is 5.11 Å². The molecule has 0 amide bonds. The van der Waals surface area contributed by atoms with Crippen LogP contribution in [0.2, 0.25) is 0 Å². The van der Waals surface area contributed by atoms with Crippen LogP contribution in [0.5, 0.6) is 5.75 Å². The number of hydrogen-bond acceptors (Lipinski definition) is 2.